The zero-order valence-corrected chi connectivity index (χ0v) is 13.0. The first-order chi connectivity index (χ1) is 11.5. The molecule has 0 heterocycles. The molecule has 6 heteroatoms. The van der Waals surface area contributed by atoms with Crippen LogP contribution in [0.5, 0.6) is 0 Å². The summed E-state index contributed by atoms with van der Waals surface area (Å²) in [5, 5.41) is 11.5. The fourth-order valence-electron chi connectivity index (χ4n) is 2.49. The van der Waals surface area contributed by atoms with Crippen molar-refractivity contribution in [1.29, 1.82) is 0 Å². The monoisotopic (exact) mass is 330 g/mol. The molecule has 2 aromatic carbocycles. The molecule has 0 saturated heterocycles. The molecule has 0 bridgehead atoms. The minimum Gasteiger partial charge on any atom is -0.481 e. The number of aliphatic carboxylic acids is 1. The summed E-state index contributed by atoms with van der Waals surface area (Å²) >= 11 is 0. The fraction of sp³-hybridized carbons (Fsp3) is 0.222. The van der Waals surface area contributed by atoms with E-state index in [4.69, 9.17) is 10.8 Å². The third kappa shape index (κ3) is 4.89. The van der Waals surface area contributed by atoms with Crippen molar-refractivity contribution in [1.82, 2.24) is 5.32 Å². The quantitative estimate of drug-likeness (QED) is 0.723. The second-order valence-corrected chi connectivity index (χ2v) is 5.45. The Balaban J connectivity index is 2.17. The highest BCUT2D eigenvalue weighted by molar-refractivity contribution is 5.79. The lowest BCUT2D eigenvalue weighted by Crippen LogP contribution is -2.41. The molecule has 2 rings (SSSR count). The number of carbonyl (C=O) groups excluding carboxylic acids is 1. The fourth-order valence-corrected chi connectivity index (χ4v) is 2.49. The predicted molar refractivity (Wildman–Crippen MR) is 88.8 cm³/mol. The number of benzene rings is 2. The van der Waals surface area contributed by atoms with Gasteiger partial charge in [-0.05, 0) is 23.6 Å². The van der Waals surface area contributed by atoms with E-state index >= 15 is 0 Å². The molecular formula is C18H19FN2O3. The number of hydrogen-bond donors (Lipinski definition) is 3. The molecule has 0 aliphatic rings. The van der Waals surface area contributed by atoms with Crippen LogP contribution >= 0.6 is 0 Å². The number of nitrogens with one attached hydrogen (secondary N) is 1. The van der Waals surface area contributed by atoms with E-state index in [-0.39, 0.29) is 19.4 Å². The average Bonchev–Trinajstić information content (AvgIpc) is 2.55. The Morgan fingerprint density at radius 3 is 2.46 bits per heavy atom. The largest absolute Gasteiger partial charge is 0.481 e. The van der Waals surface area contributed by atoms with Crippen LogP contribution in [0.3, 0.4) is 0 Å². The van der Waals surface area contributed by atoms with Gasteiger partial charge in [-0.2, -0.15) is 0 Å². The van der Waals surface area contributed by atoms with E-state index in [1.807, 2.05) is 30.3 Å². The predicted octanol–water partition coefficient (Wildman–Crippen LogP) is 1.95. The lowest BCUT2D eigenvalue weighted by molar-refractivity contribution is -0.137. The highest BCUT2D eigenvalue weighted by Crippen LogP contribution is 2.24. The van der Waals surface area contributed by atoms with E-state index in [1.165, 1.54) is 6.07 Å². The number of carboxylic acids is 1. The molecule has 126 valence electrons. The van der Waals surface area contributed by atoms with Crippen LogP contribution in [0.1, 0.15) is 12.0 Å². The molecule has 1 unspecified atom stereocenters. The van der Waals surface area contributed by atoms with Gasteiger partial charge in [0.2, 0.25) is 5.91 Å². The summed E-state index contributed by atoms with van der Waals surface area (Å²) in [6.45, 7) is -0.225. The summed E-state index contributed by atoms with van der Waals surface area (Å²) < 4.78 is 14.4. The number of carbonyl (C=O) groups is 2. The van der Waals surface area contributed by atoms with Gasteiger partial charge in [-0.3, -0.25) is 9.59 Å². The molecule has 4 N–H and O–H groups in total. The van der Waals surface area contributed by atoms with Gasteiger partial charge in [0.1, 0.15) is 5.82 Å². The molecule has 0 spiro atoms. The van der Waals surface area contributed by atoms with Gasteiger partial charge in [0.15, 0.2) is 0 Å². The van der Waals surface area contributed by atoms with Crippen molar-refractivity contribution < 1.29 is 19.1 Å². The maximum Gasteiger partial charge on any atom is 0.305 e. The van der Waals surface area contributed by atoms with Crippen LogP contribution in [0.2, 0.25) is 0 Å². The first-order valence-electron chi connectivity index (χ1n) is 7.54. The van der Waals surface area contributed by atoms with Crippen LogP contribution in [0, 0.1) is 5.82 Å². The van der Waals surface area contributed by atoms with Crippen molar-refractivity contribution in [2.45, 2.75) is 18.9 Å². The highest BCUT2D eigenvalue weighted by atomic mass is 19.1. The van der Waals surface area contributed by atoms with Gasteiger partial charge >= 0.3 is 5.97 Å². The van der Waals surface area contributed by atoms with Crippen LogP contribution in [-0.4, -0.2) is 29.6 Å². The smallest absolute Gasteiger partial charge is 0.305 e. The van der Waals surface area contributed by atoms with E-state index in [2.05, 4.69) is 5.32 Å². The lowest BCUT2D eigenvalue weighted by Gasteiger charge is -2.17. The molecule has 24 heavy (non-hydrogen) atoms. The van der Waals surface area contributed by atoms with Crippen LogP contribution in [0.15, 0.2) is 48.5 Å². The lowest BCUT2D eigenvalue weighted by atomic mass is 9.98. The maximum atomic E-state index is 14.4. The Labute approximate surface area is 139 Å². The standard InChI is InChI=1S/C18H19FN2O3/c19-16-9-12(6-7-15(16)13-4-2-1-3-5-13)8-14(10-18(23)24)21-17(22)11-20/h1-7,9,14H,8,10-11,20H2,(H,21,22)(H,23,24). The highest BCUT2D eigenvalue weighted by Gasteiger charge is 2.17. The van der Waals surface area contributed by atoms with E-state index < -0.39 is 23.7 Å². The van der Waals surface area contributed by atoms with Crippen molar-refractivity contribution in [2.24, 2.45) is 5.73 Å². The van der Waals surface area contributed by atoms with E-state index in [1.54, 1.807) is 12.1 Å². The Kier molecular flexibility index (Phi) is 6.03. The molecule has 0 aromatic heterocycles. The van der Waals surface area contributed by atoms with Crippen LogP contribution in [0.4, 0.5) is 4.39 Å². The van der Waals surface area contributed by atoms with Crippen molar-refractivity contribution in [3.63, 3.8) is 0 Å². The minimum absolute atomic E-state index is 0.212. The van der Waals surface area contributed by atoms with Crippen molar-refractivity contribution in [2.75, 3.05) is 6.54 Å². The SMILES string of the molecule is NCC(=O)NC(CC(=O)O)Cc1ccc(-c2ccccc2)c(F)c1. The van der Waals surface area contributed by atoms with Crippen LogP contribution in [-0.2, 0) is 16.0 Å². The first-order valence-corrected chi connectivity index (χ1v) is 7.54. The first kappa shape index (κ1) is 17.6. The van der Waals surface area contributed by atoms with Crippen LogP contribution in [0.25, 0.3) is 11.1 Å². The summed E-state index contributed by atoms with van der Waals surface area (Å²) in [4.78, 5) is 22.3. The van der Waals surface area contributed by atoms with E-state index in [9.17, 15) is 14.0 Å². The zero-order chi connectivity index (χ0) is 17.5. The van der Waals surface area contributed by atoms with Crippen LogP contribution < -0.4 is 11.1 Å². The Bertz CT molecular complexity index is 719. The molecule has 0 fully saturated rings. The van der Waals surface area contributed by atoms with Crippen molar-refractivity contribution in [3.05, 3.63) is 59.9 Å². The Hall–Kier alpha value is -2.73. The second kappa shape index (κ2) is 8.21. The number of carboxylic acid groups (broad SMARTS) is 1. The number of nitrogens with two attached hydrogens (primary N) is 1. The van der Waals surface area contributed by atoms with Gasteiger partial charge in [-0.15, -0.1) is 0 Å². The summed E-state index contributed by atoms with van der Waals surface area (Å²) in [5.74, 6) is -1.88. The third-order valence-electron chi connectivity index (χ3n) is 3.57. The number of halogens is 1. The molecular weight excluding hydrogens is 311 g/mol. The van der Waals surface area contributed by atoms with Gasteiger partial charge < -0.3 is 16.2 Å². The molecule has 0 saturated carbocycles. The number of hydrogen-bond acceptors (Lipinski definition) is 3. The second-order valence-electron chi connectivity index (χ2n) is 5.45. The zero-order valence-electron chi connectivity index (χ0n) is 13.0. The van der Waals surface area contributed by atoms with Gasteiger partial charge in [0.05, 0.1) is 13.0 Å². The topological polar surface area (TPSA) is 92.4 Å². The summed E-state index contributed by atoms with van der Waals surface area (Å²) in [6.07, 6.45) is -0.0438. The molecule has 2 aromatic rings. The molecule has 1 atom stereocenters. The van der Waals surface area contributed by atoms with Crippen molar-refractivity contribution in [3.8, 4) is 11.1 Å². The number of amides is 1. The van der Waals surface area contributed by atoms with Gasteiger partial charge in [0.25, 0.3) is 0 Å². The summed E-state index contributed by atoms with van der Waals surface area (Å²) in [7, 11) is 0. The third-order valence-corrected chi connectivity index (χ3v) is 3.57. The van der Waals surface area contributed by atoms with Gasteiger partial charge in [0, 0.05) is 11.6 Å². The molecule has 0 aliphatic heterocycles. The molecule has 0 radical (unpaired) electrons. The maximum absolute atomic E-state index is 14.4. The Morgan fingerprint density at radius 2 is 1.88 bits per heavy atom. The Morgan fingerprint density at radius 1 is 1.17 bits per heavy atom. The minimum atomic E-state index is -1.04. The summed E-state index contributed by atoms with van der Waals surface area (Å²) in [6, 6.07) is 13.2. The van der Waals surface area contributed by atoms with Gasteiger partial charge in [-0.1, -0.05) is 42.5 Å². The van der Waals surface area contributed by atoms with Gasteiger partial charge in [-0.25, -0.2) is 4.39 Å². The molecule has 0 aliphatic carbocycles. The average molecular weight is 330 g/mol. The summed E-state index contributed by atoms with van der Waals surface area (Å²) in [5.41, 5.74) is 7.08. The van der Waals surface area contributed by atoms with Crippen molar-refractivity contribution >= 4 is 11.9 Å². The molecule has 1 amide bonds. The van der Waals surface area contributed by atoms with E-state index in [0.29, 0.717) is 11.1 Å². The number of rotatable bonds is 7. The van der Waals surface area contributed by atoms with E-state index in [0.717, 1.165) is 5.56 Å². The molecule has 5 nitrogen and oxygen atoms in total. The normalized spacial score (nSPS) is 11.8.